The highest BCUT2D eigenvalue weighted by atomic mass is 32.1. The number of rotatable bonds is 3. The molecular formula is C18H19N3O2S3. The molecule has 1 aliphatic rings. The Bertz CT molecular complexity index is 1120. The number of aromatic nitrogens is 2. The minimum atomic E-state index is -0.286. The molecule has 1 aliphatic carbocycles. The van der Waals surface area contributed by atoms with Crippen molar-refractivity contribution in [2.45, 2.75) is 39.5 Å². The summed E-state index contributed by atoms with van der Waals surface area (Å²) in [6.07, 6.45) is 3.87. The summed E-state index contributed by atoms with van der Waals surface area (Å²) in [4.78, 5) is 31.8. The van der Waals surface area contributed by atoms with Crippen molar-refractivity contribution in [3.63, 3.8) is 0 Å². The SMILES string of the molecule is CCc1cc2c(=O)n(NC(=O)c3csc4c3CC[C@H](C)C4)c(=S)[nH]c2s1. The number of H-pyrrole nitrogens is 1. The third-order valence-electron chi connectivity index (χ3n) is 4.85. The highest BCUT2D eigenvalue weighted by Gasteiger charge is 2.24. The molecule has 4 rings (SSSR count). The summed E-state index contributed by atoms with van der Waals surface area (Å²) in [6, 6.07) is 1.87. The van der Waals surface area contributed by atoms with Gasteiger partial charge in [-0.05, 0) is 55.4 Å². The van der Waals surface area contributed by atoms with Crippen molar-refractivity contribution in [1.82, 2.24) is 9.66 Å². The standard InChI is InChI=1S/C18H19N3O2S3/c1-3-10-7-12-16(26-10)19-18(24)21(17(12)23)20-15(22)13-8-25-14-6-9(2)4-5-11(13)14/h7-9H,3-6H2,1-2H3,(H,19,24)(H,20,22)/t9-/m0/s1. The van der Waals surface area contributed by atoms with Crippen LogP contribution in [0.5, 0.6) is 0 Å². The molecule has 0 unspecified atom stereocenters. The van der Waals surface area contributed by atoms with Crippen molar-refractivity contribution in [2.24, 2.45) is 5.92 Å². The van der Waals surface area contributed by atoms with Gasteiger partial charge in [-0.15, -0.1) is 22.7 Å². The van der Waals surface area contributed by atoms with Gasteiger partial charge in [0.1, 0.15) is 4.83 Å². The Labute approximate surface area is 163 Å². The monoisotopic (exact) mass is 405 g/mol. The maximum absolute atomic E-state index is 12.8. The molecule has 0 aliphatic heterocycles. The molecule has 5 nitrogen and oxygen atoms in total. The van der Waals surface area contributed by atoms with Gasteiger partial charge in [-0.1, -0.05) is 13.8 Å². The Hall–Kier alpha value is -1.77. The number of carbonyl (C=O) groups excluding carboxylic acids is 1. The summed E-state index contributed by atoms with van der Waals surface area (Å²) < 4.78 is 1.36. The lowest BCUT2D eigenvalue weighted by molar-refractivity contribution is 0.101. The van der Waals surface area contributed by atoms with E-state index < -0.39 is 0 Å². The van der Waals surface area contributed by atoms with Gasteiger partial charge in [-0.2, -0.15) is 4.68 Å². The van der Waals surface area contributed by atoms with E-state index in [9.17, 15) is 9.59 Å². The lowest BCUT2D eigenvalue weighted by Crippen LogP contribution is -2.34. The van der Waals surface area contributed by atoms with E-state index in [1.807, 2.05) is 18.4 Å². The van der Waals surface area contributed by atoms with E-state index >= 15 is 0 Å². The number of nitrogens with one attached hydrogen (secondary N) is 2. The number of fused-ring (bicyclic) bond motifs is 2. The fraction of sp³-hybridized carbons (Fsp3) is 0.389. The quantitative estimate of drug-likeness (QED) is 0.640. The summed E-state index contributed by atoms with van der Waals surface area (Å²) >= 11 is 8.45. The van der Waals surface area contributed by atoms with Gasteiger partial charge in [0.2, 0.25) is 4.77 Å². The molecule has 2 N–H and O–H groups in total. The summed E-state index contributed by atoms with van der Waals surface area (Å²) in [7, 11) is 0. The Morgan fingerprint density at radius 3 is 3.08 bits per heavy atom. The molecule has 3 aromatic rings. The molecule has 136 valence electrons. The molecule has 0 spiro atoms. The second kappa shape index (κ2) is 6.75. The van der Waals surface area contributed by atoms with Crippen molar-refractivity contribution in [1.29, 1.82) is 0 Å². The minimum absolute atomic E-state index is 0.207. The average Bonchev–Trinajstić information content (AvgIpc) is 3.21. The number of hydrogen-bond donors (Lipinski definition) is 2. The summed E-state index contributed by atoms with van der Waals surface area (Å²) in [5, 5.41) is 2.45. The van der Waals surface area contributed by atoms with Crippen LogP contribution in [0.3, 0.4) is 0 Å². The van der Waals surface area contributed by atoms with E-state index in [-0.39, 0.29) is 16.2 Å². The molecule has 1 atom stereocenters. The van der Waals surface area contributed by atoms with Gasteiger partial charge in [0, 0.05) is 15.1 Å². The van der Waals surface area contributed by atoms with Crippen LogP contribution < -0.4 is 11.0 Å². The van der Waals surface area contributed by atoms with Crippen molar-refractivity contribution in [2.75, 3.05) is 5.43 Å². The zero-order chi connectivity index (χ0) is 18.4. The van der Waals surface area contributed by atoms with Crippen LogP contribution in [-0.4, -0.2) is 15.6 Å². The second-order valence-corrected chi connectivity index (χ2v) is 9.21. The predicted molar refractivity (Wildman–Crippen MR) is 110 cm³/mol. The van der Waals surface area contributed by atoms with Gasteiger partial charge in [-0.3, -0.25) is 15.0 Å². The van der Waals surface area contributed by atoms with E-state index in [1.165, 1.54) is 16.2 Å². The van der Waals surface area contributed by atoms with Gasteiger partial charge < -0.3 is 4.98 Å². The van der Waals surface area contributed by atoms with Gasteiger partial charge in [-0.25, -0.2) is 0 Å². The van der Waals surface area contributed by atoms with E-state index in [1.54, 1.807) is 11.3 Å². The van der Waals surface area contributed by atoms with Crippen LogP contribution in [0.4, 0.5) is 0 Å². The Morgan fingerprint density at radius 1 is 1.50 bits per heavy atom. The largest absolute Gasteiger partial charge is 0.322 e. The number of thiophene rings is 2. The van der Waals surface area contributed by atoms with E-state index in [0.29, 0.717) is 16.9 Å². The molecule has 0 aromatic carbocycles. The molecule has 0 saturated carbocycles. The Balaban J connectivity index is 1.70. The molecule has 26 heavy (non-hydrogen) atoms. The Kier molecular flexibility index (Phi) is 4.58. The van der Waals surface area contributed by atoms with Crippen molar-refractivity contribution >= 4 is 51.0 Å². The van der Waals surface area contributed by atoms with E-state index in [4.69, 9.17) is 12.2 Å². The van der Waals surface area contributed by atoms with Crippen LogP contribution in [0.2, 0.25) is 0 Å². The summed E-state index contributed by atoms with van der Waals surface area (Å²) in [6.45, 7) is 4.28. The van der Waals surface area contributed by atoms with Crippen LogP contribution in [0, 0.1) is 10.7 Å². The highest BCUT2D eigenvalue weighted by molar-refractivity contribution is 7.71. The first-order chi connectivity index (χ1) is 12.5. The van der Waals surface area contributed by atoms with E-state index in [2.05, 4.69) is 17.3 Å². The van der Waals surface area contributed by atoms with Crippen molar-refractivity contribution < 1.29 is 4.79 Å². The lowest BCUT2D eigenvalue weighted by atomic mass is 9.88. The number of carbonyl (C=O) groups is 1. The second-order valence-electron chi connectivity index (χ2n) is 6.72. The number of hydrogen-bond acceptors (Lipinski definition) is 5. The van der Waals surface area contributed by atoms with Crippen molar-refractivity contribution in [3.8, 4) is 0 Å². The van der Waals surface area contributed by atoms with Gasteiger partial charge >= 0.3 is 0 Å². The number of amides is 1. The first-order valence-electron chi connectivity index (χ1n) is 8.66. The number of aromatic amines is 1. The molecule has 0 bridgehead atoms. The number of nitrogens with zero attached hydrogens (tertiary/aromatic N) is 1. The molecule has 3 heterocycles. The zero-order valence-corrected chi connectivity index (χ0v) is 17.0. The molecule has 0 fully saturated rings. The van der Waals surface area contributed by atoms with Crippen LogP contribution in [0.15, 0.2) is 16.2 Å². The minimum Gasteiger partial charge on any atom is -0.322 e. The molecule has 8 heteroatoms. The van der Waals surface area contributed by atoms with Crippen LogP contribution in [0.25, 0.3) is 10.2 Å². The third-order valence-corrected chi connectivity index (χ3v) is 7.38. The fourth-order valence-electron chi connectivity index (χ4n) is 3.36. The molecule has 3 aromatic heterocycles. The highest BCUT2D eigenvalue weighted by Crippen LogP contribution is 2.32. The van der Waals surface area contributed by atoms with E-state index in [0.717, 1.165) is 45.6 Å². The average molecular weight is 406 g/mol. The zero-order valence-electron chi connectivity index (χ0n) is 14.5. The first-order valence-corrected chi connectivity index (χ1v) is 10.8. The van der Waals surface area contributed by atoms with Gasteiger partial charge in [0.25, 0.3) is 11.5 Å². The summed E-state index contributed by atoms with van der Waals surface area (Å²) in [5.41, 5.74) is 4.20. The lowest BCUT2D eigenvalue weighted by Gasteiger charge is -2.19. The molecular weight excluding hydrogens is 386 g/mol. The molecule has 0 saturated heterocycles. The number of aryl methyl sites for hydroxylation is 1. The fourth-order valence-corrected chi connectivity index (χ4v) is 5.89. The van der Waals surface area contributed by atoms with Crippen LogP contribution in [-0.2, 0) is 19.3 Å². The maximum Gasteiger partial charge on any atom is 0.282 e. The van der Waals surface area contributed by atoms with Crippen LogP contribution in [0.1, 0.15) is 45.9 Å². The van der Waals surface area contributed by atoms with Gasteiger partial charge in [0.15, 0.2) is 0 Å². The summed E-state index contributed by atoms with van der Waals surface area (Å²) in [5.74, 6) is 0.381. The topological polar surface area (TPSA) is 66.9 Å². The van der Waals surface area contributed by atoms with Crippen LogP contribution >= 0.6 is 34.9 Å². The Morgan fingerprint density at radius 2 is 2.31 bits per heavy atom. The smallest absolute Gasteiger partial charge is 0.282 e. The van der Waals surface area contributed by atoms with Gasteiger partial charge in [0.05, 0.1) is 10.9 Å². The molecule has 1 amide bonds. The normalized spacial score (nSPS) is 16.6. The predicted octanol–water partition coefficient (Wildman–Crippen LogP) is 4.25. The first kappa shape index (κ1) is 17.6. The van der Waals surface area contributed by atoms with Crippen molar-refractivity contribution in [3.05, 3.63) is 47.5 Å². The maximum atomic E-state index is 12.8. The molecule has 0 radical (unpaired) electrons. The third kappa shape index (κ3) is 2.95.